The molecule has 3 N–H and O–H groups in total. The maximum absolute atomic E-state index is 4.44. The SMILES string of the molecule is CNc1cc(NC2CCC(NC)CC2)nc(C)n1. The number of nitrogens with one attached hydrogen (secondary N) is 3. The van der Waals surface area contributed by atoms with E-state index >= 15 is 0 Å². The molecule has 5 nitrogen and oxygen atoms in total. The van der Waals surface area contributed by atoms with Gasteiger partial charge in [0.1, 0.15) is 17.5 Å². The summed E-state index contributed by atoms with van der Waals surface area (Å²) in [7, 11) is 3.93. The maximum atomic E-state index is 4.44. The molecule has 0 unspecified atom stereocenters. The Hall–Kier alpha value is -1.36. The van der Waals surface area contributed by atoms with Crippen LogP contribution >= 0.6 is 0 Å². The lowest BCUT2D eigenvalue weighted by atomic mass is 9.91. The van der Waals surface area contributed by atoms with Gasteiger partial charge >= 0.3 is 0 Å². The van der Waals surface area contributed by atoms with E-state index in [4.69, 9.17) is 0 Å². The molecule has 1 saturated carbocycles. The van der Waals surface area contributed by atoms with E-state index in [1.54, 1.807) is 0 Å². The third-order valence-corrected chi connectivity index (χ3v) is 3.58. The zero-order valence-corrected chi connectivity index (χ0v) is 11.5. The van der Waals surface area contributed by atoms with Crippen LogP contribution < -0.4 is 16.0 Å². The molecule has 5 heteroatoms. The summed E-state index contributed by atoms with van der Waals surface area (Å²) in [5, 5.41) is 9.93. The molecular weight excluding hydrogens is 226 g/mol. The van der Waals surface area contributed by atoms with Crippen LogP contribution in [0.25, 0.3) is 0 Å². The van der Waals surface area contributed by atoms with Crippen molar-refractivity contribution < 1.29 is 0 Å². The Balaban J connectivity index is 1.95. The summed E-state index contributed by atoms with van der Waals surface area (Å²) in [6.07, 6.45) is 4.86. The highest BCUT2D eigenvalue weighted by Crippen LogP contribution is 2.22. The normalized spacial score (nSPS) is 23.7. The lowest BCUT2D eigenvalue weighted by Gasteiger charge is -2.29. The molecule has 1 heterocycles. The van der Waals surface area contributed by atoms with E-state index < -0.39 is 0 Å². The van der Waals surface area contributed by atoms with Gasteiger partial charge in [0.2, 0.25) is 0 Å². The van der Waals surface area contributed by atoms with Crippen LogP contribution in [-0.2, 0) is 0 Å². The van der Waals surface area contributed by atoms with Crippen LogP contribution in [0.15, 0.2) is 6.07 Å². The first-order valence-corrected chi connectivity index (χ1v) is 6.68. The van der Waals surface area contributed by atoms with Gasteiger partial charge in [-0.25, -0.2) is 9.97 Å². The highest BCUT2D eigenvalue weighted by atomic mass is 15.1. The van der Waals surface area contributed by atoms with E-state index in [9.17, 15) is 0 Å². The van der Waals surface area contributed by atoms with Gasteiger partial charge in [0, 0.05) is 25.2 Å². The van der Waals surface area contributed by atoms with Gasteiger partial charge < -0.3 is 16.0 Å². The number of nitrogens with zero attached hydrogens (tertiary/aromatic N) is 2. The lowest BCUT2D eigenvalue weighted by Crippen LogP contribution is -2.35. The van der Waals surface area contributed by atoms with E-state index in [0.717, 1.165) is 17.5 Å². The van der Waals surface area contributed by atoms with Crippen LogP contribution in [0.3, 0.4) is 0 Å². The van der Waals surface area contributed by atoms with Crippen LogP contribution in [0.2, 0.25) is 0 Å². The molecule has 18 heavy (non-hydrogen) atoms. The number of hydrogen-bond donors (Lipinski definition) is 3. The highest BCUT2D eigenvalue weighted by Gasteiger charge is 2.20. The largest absolute Gasteiger partial charge is 0.373 e. The van der Waals surface area contributed by atoms with Crippen molar-refractivity contribution in [3.8, 4) is 0 Å². The van der Waals surface area contributed by atoms with Crippen LogP contribution in [-0.4, -0.2) is 36.1 Å². The first kappa shape index (κ1) is 13.1. The monoisotopic (exact) mass is 249 g/mol. The fraction of sp³-hybridized carbons (Fsp3) is 0.692. The second kappa shape index (κ2) is 6.00. The quantitative estimate of drug-likeness (QED) is 0.759. The van der Waals surface area contributed by atoms with Crippen molar-refractivity contribution in [3.05, 3.63) is 11.9 Å². The van der Waals surface area contributed by atoms with E-state index in [1.165, 1.54) is 25.7 Å². The minimum Gasteiger partial charge on any atom is -0.373 e. The molecule has 1 aromatic rings. The van der Waals surface area contributed by atoms with E-state index in [2.05, 4.69) is 25.9 Å². The van der Waals surface area contributed by atoms with Crippen molar-refractivity contribution in [1.82, 2.24) is 15.3 Å². The predicted molar refractivity (Wildman–Crippen MR) is 75.0 cm³/mol. The zero-order valence-electron chi connectivity index (χ0n) is 11.5. The Morgan fingerprint density at radius 2 is 1.61 bits per heavy atom. The van der Waals surface area contributed by atoms with Crippen LogP contribution in [0.4, 0.5) is 11.6 Å². The number of aryl methyl sites for hydroxylation is 1. The summed E-state index contributed by atoms with van der Waals surface area (Å²) in [5.41, 5.74) is 0. The summed E-state index contributed by atoms with van der Waals surface area (Å²) in [4.78, 5) is 8.74. The van der Waals surface area contributed by atoms with Gasteiger partial charge in [-0.2, -0.15) is 0 Å². The second-order valence-corrected chi connectivity index (χ2v) is 4.92. The van der Waals surface area contributed by atoms with Gasteiger partial charge in [0.25, 0.3) is 0 Å². The maximum Gasteiger partial charge on any atom is 0.132 e. The Morgan fingerprint density at radius 3 is 2.22 bits per heavy atom. The van der Waals surface area contributed by atoms with Gasteiger partial charge in [-0.15, -0.1) is 0 Å². The molecule has 0 amide bonds. The average molecular weight is 249 g/mol. The molecule has 2 rings (SSSR count). The predicted octanol–water partition coefficient (Wildman–Crippen LogP) is 1.77. The molecule has 1 aromatic heterocycles. The molecule has 0 radical (unpaired) electrons. The molecular formula is C13H23N5. The fourth-order valence-corrected chi connectivity index (χ4v) is 2.51. The van der Waals surface area contributed by atoms with Gasteiger partial charge in [0.05, 0.1) is 0 Å². The second-order valence-electron chi connectivity index (χ2n) is 4.92. The first-order valence-electron chi connectivity index (χ1n) is 6.68. The molecule has 0 aromatic carbocycles. The van der Waals surface area contributed by atoms with Crippen LogP contribution in [0.5, 0.6) is 0 Å². The molecule has 100 valence electrons. The highest BCUT2D eigenvalue weighted by molar-refractivity contribution is 5.47. The van der Waals surface area contributed by atoms with E-state index in [0.29, 0.717) is 12.1 Å². The summed E-state index contributed by atoms with van der Waals surface area (Å²) < 4.78 is 0. The van der Waals surface area contributed by atoms with Crippen LogP contribution in [0, 0.1) is 6.92 Å². The first-order chi connectivity index (χ1) is 8.71. The summed E-state index contributed by atoms with van der Waals surface area (Å²) >= 11 is 0. The minimum atomic E-state index is 0.536. The topological polar surface area (TPSA) is 61.9 Å². The molecule has 1 aliphatic carbocycles. The smallest absolute Gasteiger partial charge is 0.132 e. The number of aromatic nitrogens is 2. The standard InChI is InChI=1S/C13H23N5/c1-9-16-12(15-3)8-13(17-9)18-11-6-4-10(14-2)5-7-11/h8,10-11,14H,4-7H2,1-3H3,(H2,15,16,17,18). The average Bonchev–Trinajstić information content (AvgIpc) is 2.39. The van der Waals surface area contributed by atoms with Crippen molar-refractivity contribution in [2.75, 3.05) is 24.7 Å². The zero-order chi connectivity index (χ0) is 13.0. The molecule has 0 saturated heterocycles. The lowest BCUT2D eigenvalue weighted by molar-refractivity contribution is 0.371. The third kappa shape index (κ3) is 3.32. The Kier molecular flexibility index (Phi) is 4.36. The Labute approximate surface area is 109 Å². The molecule has 0 aliphatic heterocycles. The fourth-order valence-electron chi connectivity index (χ4n) is 2.51. The van der Waals surface area contributed by atoms with Crippen molar-refractivity contribution in [2.45, 2.75) is 44.7 Å². The molecule has 1 aliphatic rings. The van der Waals surface area contributed by atoms with Crippen LogP contribution in [0.1, 0.15) is 31.5 Å². The molecule has 0 bridgehead atoms. The summed E-state index contributed by atoms with van der Waals surface area (Å²) in [5.74, 6) is 2.60. The van der Waals surface area contributed by atoms with E-state index in [-0.39, 0.29) is 0 Å². The van der Waals surface area contributed by atoms with Crippen molar-refractivity contribution in [1.29, 1.82) is 0 Å². The number of hydrogen-bond acceptors (Lipinski definition) is 5. The van der Waals surface area contributed by atoms with Crippen molar-refractivity contribution >= 4 is 11.6 Å². The number of rotatable bonds is 4. The van der Waals surface area contributed by atoms with Gasteiger partial charge in [0.15, 0.2) is 0 Å². The number of anilines is 2. The third-order valence-electron chi connectivity index (χ3n) is 3.58. The molecule has 0 atom stereocenters. The van der Waals surface area contributed by atoms with Crippen molar-refractivity contribution in [2.24, 2.45) is 0 Å². The molecule has 1 fully saturated rings. The Bertz CT molecular complexity index is 385. The minimum absolute atomic E-state index is 0.536. The van der Waals surface area contributed by atoms with Gasteiger partial charge in [-0.05, 0) is 39.7 Å². The van der Waals surface area contributed by atoms with E-state index in [1.807, 2.05) is 27.1 Å². The van der Waals surface area contributed by atoms with Gasteiger partial charge in [-0.3, -0.25) is 0 Å². The van der Waals surface area contributed by atoms with Crippen molar-refractivity contribution in [3.63, 3.8) is 0 Å². The van der Waals surface area contributed by atoms with Gasteiger partial charge in [-0.1, -0.05) is 0 Å². The molecule has 0 spiro atoms. The summed E-state index contributed by atoms with van der Waals surface area (Å²) in [6, 6.07) is 3.19. The Morgan fingerprint density at radius 1 is 1.00 bits per heavy atom. The summed E-state index contributed by atoms with van der Waals surface area (Å²) in [6.45, 7) is 1.92.